The van der Waals surface area contributed by atoms with Crippen LogP contribution in [0.2, 0.25) is 0 Å². The van der Waals surface area contributed by atoms with Crippen molar-refractivity contribution in [3.05, 3.63) is 17.2 Å². The Morgan fingerprint density at radius 2 is 2.09 bits per heavy atom. The molecule has 0 aromatic carbocycles. The van der Waals surface area contributed by atoms with Crippen molar-refractivity contribution >= 4 is 0 Å². The van der Waals surface area contributed by atoms with Crippen LogP contribution in [-0.4, -0.2) is 14.9 Å². The minimum absolute atomic E-state index is 0.719. The van der Waals surface area contributed by atoms with Gasteiger partial charge in [0, 0.05) is 0 Å². The summed E-state index contributed by atoms with van der Waals surface area (Å²) in [4.78, 5) is 4.26. The van der Waals surface area contributed by atoms with Gasteiger partial charge in [-0.05, 0) is 32.6 Å². The van der Waals surface area contributed by atoms with E-state index >= 15 is 0 Å². The molecule has 0 spiro atoms. The molecular weight excluding hydrogens is 140 g/mol. The van der Waals surface area contributed by atoms with Gasteiger partial charge in [0.25, 0.3) is 0 Å². The molecule has 0 fully saturated rings. The Morgan fingerprint density at radius 1 is 1.36 bits per heavy atom. The molecule has 1 aromatic rings. The van der Waals surface area contributed by atoms with Crippen molar-refractivity contribution in [3.8, 4) is 0 Å². The first kappa shape index (κ1) is 6.70. The SMILES string of the molecule is Cc1nc2c(n1O)CCCC2. The van der Waals surface area contributed by atoms with Gasteiger partial charge in [0.1, 0.15) is 5.82 Å². The molecule has 1 aromatic heterocycles. The summed E-state index contributed by atoms with van der Waals surface area (Å²) in [6, 6.07) is 0. The molecule has 0 saturated carbocycles. The Bertz CT molecular complexity index is 278. The zero-order chi connectivity index (χ0) is 7.84. The molecule has 1 aliphatic rings. The fourth-order valence-corrected chi connectivity index (χ4v) is 1.66. The van der Waals surface area contributed by atoms with Crippen LogP contribution in [0.4, 0.5) is 0 Å². The zero-order valence-corrected chi connectivity index (χ0v) is 6.67. The standard InChI is InChI=1S/C8H12N2O/c1-6-9-7-4-2-3-5-8(7)10(6)11/h11H,2-5H2,1H3. The Hall–Kier alpha value is -0.990. The number of aryl methyl sites for hydroxylation is 2. The van der Waals surface area contributed by atoms with Gasteiger partial charge in [0.05, 0.1) is 11.4 Å². The molecule has 1 aliphatic carbocycles. The lowest BCUT2D eigenvalue weighted by Crippen LogP contribution is -2.06. The molecule has 0 unspecified atom stereocenters. The summed E-state index contributed by atoms with van der Waals surface area (Å²) in [5, 5.41) is 9.44. The molecule has 3 nitrogen and oxygen atoms in total. The van der Waals surface area contributed by atoms with Gasteiger partial charge in [0.2, 0.25) is 0 Å². The topological polar surface area (TPSA) is 38.0 Å². The van der Waals surface area contributed by atoms with E-state index in [0.29, 0.717) is 0 Å². The van der Waals surface area contributed by atoms with Gasteiger partial charge in [-0.1, -0.05) is 0 Å². The number of hydrogen-bond donors (Lipinski definition) is 1. The maximum absolute atomic E-state index is 9.44. The molecule has 0 atom stereocenters. The van der Waals surface area contributed by atoms with Crippen molar-refractivity contribution in [2.45, 2.75) is 32.6 Å². The van der Waals surface area contributed by atoms with Crippen LogP contribution < -0.4 is 0 Å². The van der Waals surface area contributed by atoms with E-state index in [1.165, 1.54) is 17.6 Å². The van der Waals surface area contributed by atoms with Crippen molar-refractivity contribution in [1.82, 2.24) is 9.71 Å². The third kappa shape index (κ3) is 0.914. The summed E-state index contributed by atoms with van der Waals surface area (Å²) >= 11 is 0. The molecule has 1 heterocycles. The van der Waals surface area contributed by atoms with Gasteiger partial charge in [0.15, 0.2) is 0 Å². The minimum atomic E-state index is 0.719. The van der Waals surface area contributed by atoms with Crippen LogP contribution in [0.25, 0.3) is 0 Å². The van der Waals surface area contributed by atoms with E-state index in [1.54, 1.807) is 0 Å². The van der Waals surface area contributed by atoms with Gasteiger partial charge in [-0.3, -0.25) is 0 Å². The molecule has 0 bridgehead atoms. The average molecular weight is 152 g/mol. The van der Waals surface area contributed by atoms with E-state index in [1.807, 2.05) is 6.92 Å². The summed E-state index contributed by atoms with van der Waals surface area (Å²) in [5.41, 5.74) is 2.12. The first-order chi connectivity index (χ1) is 5.29. The number of nitrogens with zero attached hydrogens (tertiary/aromatic N) is 2. The second-order valence-electron chi connectivity index (χ2n) is 3.07. The highest BCUT2D eigenvalue weighted by atomic mass is 16.5. The number of hydrogen-bond acceptors (Lipinski definition) is 2. The predicted octanol–water partition coefficient (Wildman–Crippen LogP) is 1.31. The molecule has 0 aliphatic heterocycles. The van der Waals surface area contributed by atoms with E-state index in [0.717, 1.165) is 30.1 Å². The highest BCUT2D eigenvalue weighted by Gasteiger charge is 2.16. The van der Waals surface area contributed by atoms with Gasteiger partial charge < -0.3 is 5.21 Å². The Morgan fingerprint density at radius 3 is 2.82 bits per heavy atom. The maximum atomic E-state index is 9.44. The van der Waals surface area contributed by atoms with Crippen LogP contribution in [0.5, 0.6) is 0 Å². The molecule has 0 amide bonds. The van der Waals surface area contributed by atoms with Crippen LogP contribution in [0, 0.1) is 6.92 Å². The van der Waals surface area contributed by atoms with E-state index in [-0.39, 0.29) is 0 Å². The lowest BCUT2D eigenvalue weighted by atomic mass is 10.0. The molecule has 0 saturated heterocycles. The molecule has 11 heavy (non-hydrogen) atoms. The Kier molecular flexibility index (Phi) is 1.37. The van der Waals surface area contributed by atoms with E-state index in [9.17, 15) is 5.21 Å². The van der Waals surface area contributed by atoms with Crippen molar-refractivity contribution in [1.29, 1.82) is 0 Å². The molecule has 0 radical (unpaired) electrons. The lowest BCUT2D eigenvalue weighted by Gasteiger charge is -2.09. The summed E-state index contributed by atoms with van der Waals surface area (Å²) in [6.45, 7) is 1.83. The highest BCUT2D eigenvalue weighted by Crippen LogP contribution is 2.20. The van der Waals surface area contributed by atoms with Gasteiger partial charge in [-0.15, -0.1) is 0 Å². The Labute approximate surface area is 65.6 Å². The lowest BCUT2D eigenvalue weighted by molar-refractivity contribution is 0.168. The van der Waals surface area contributed by atoms with Crippen molar-refractivity contribution in [2.24, 2.45) is 0 Å². The number of fused-ring (bicyclic) bond motifs is 1. The summed E-state index contributed by atoms with van der Waals surface area (Å²) in [7, 11) is 0. The number of imidazole rings is 1. The average Bonchev–Trinajstić information content (AvgIpc) is 2.30. The van der Waals surface area contributed by atoms with Crippen LogP contribution in [-0.2, 0) is 12.8 Å². The second-order valence-corrected chi connectivity index (χ2v) is 3.07. The molecule has 2 rings (SSSR count). The second kappa shape index (κ2) is 2.26. The number of rotatable bonds is 0. The van der Waals surface area contributed by atoms with E-state index < -0.39 is 0 Å². The predicted molar refractivity (Wildman–Crippen MR) is 40.8 cm³/mol. The Balaban J connectivity index is 2.50. The monoisotopic (exact) mass is 152 g/mol. The van der Waals surface area contributed by atoms with Crippen molar-refractivity contribution < 1.29 is 5.21 Å². The van der Waals surface area contributed by atoms with Crippen molar-refractivity contribution in [3.63, 3.8) is 0 Å². The summed E-state index contributed by atoms with van der Waals surface area (Å²) in [5.74, 6) is 0.719. The van der Waals surface area contributed by atoms with Crippen LogP contribution in [0.1, 0.15) is 30.1 Å². The fourth-order valence-electron chi connectivity index (χ4n) is 1.66. The fraction of sp³-hybridized carbons (Fsp3) is 0.625. The smallest absolute Gasteiger partial charge is 0.142 e. The van der Waals surface area contributed by atoms with E-state index in [4.69, 9.17) is 0 Å². The van der Waals surface area contributed by atoms with Crippen molar-refractivity contribution in [2.75, 3.05) is 0 Å². The third-order valence-corrected chi connectivity index (χ3v) is 2.27. The summed E-state index contributed by atoms with van der Waals surface area (Å²) in [6.07, 6.45) is 4.40. The first-order valence-electron chi connectivity index (χ1n) is 4.05. The summed E-state index contributed by atoms with van der Waals surface area (Å²) < 4.78 is 1.23. The van der Waals surface area contributed by atoms with Crippen LogP contribution in [0.15, 0.2) is 0 Å². The molecule has 3 heteroatoms. The van der Waals surface area contributed by atoms with Gasteiger partial charge in [-0.2, -0.15) is 4.73 Å². The normalized spacial score (nSPS) is 16.5. The zero-order valence-electron chi connectivity index (χ0n) is 6.67. The van der Waals surface area contributed by atoms with Gasteiger partial charge >= 0.3 is 0 Å². The largest absolute Gasteiger partial charge is 0.427 e. The molecular formula is C8H12N2O. The highest BCUT2D eigenvalue weighted by molar-refractivity contribution is 5.18. The van der Waals surface area contributed by atoms with Gasteiger partial charge in [-0.25, -0.2) is 4.98 Å². The first-order valence-corrected chi connectivity index (χ1v) is 4.05. The van der Waals surface area contributed by atoms with E-state index in [2.05, 4.69) is 4.98 Å². The minimum Gasteiger partial charge on any atom is -0.427 e. The number of aromatic nitrogens is 2. The van der Waals surface area contributed by atoms with Crippen LogP contribution >= 0.6 is 0 Å². The third-order valence-electron chi connectivity index (χ3n) is 2.27. The molecule has 1 N–H and O–H groups in total. The van der Waals surface area contributed by atoms with Crippen LogP contribution in [0.3, 0.4) is 0 Å². The maximum Gasteiger partial charge on any atom is 0.142 e. The quantitative estimate of drug-likeness (QED) is 0.569. The molecule has 60 valence electrons.